The van der Waals surface area contributed by atoms with Crippen LogP contribution < -0.4 is 10.1 Å². The summed E-state index contributed by atoms with van der Waals surface area (Å²) in [5.41, 5.74) is 2.48. The summed E-state index contributed by atoms with van der Waals surface area (Å²) in [5.74, 6) is 0.979. The fourth-order valence-corrected chi connectivity index (χ4v) is 7.46. The van der Waals surface area contributed by atoms with E-state index in [1.165, 1.54) is 11.1 Å². The number of nitrogens with zero attached hydrogens (tertiary/aromatic N) is 1. The zero-order valence-corrected chi connectivity index (χ0v) is 20.8. The van der Waals surface area contributed by atoms with Gasteiger partial charge in [-0.2, -0.15) is 0 Å². The summed E-state index contributed by atoms with van der Waals surface area (Å²) in [7, 11) is -1.38. The SMILES string of the molecule is CCc1ccc(CN2C[C@H](Sc3ccc(OC)cc3)C[C@H]2C(=O)N[C@H]2CCS(=O)(=O)C2)cc1. The van der Waals surface area contributed by atoms with E-state index in [0.29, 0.717) is 13.0 Å². The van der Waals surface area contributed by atoms with Gasteiger partial charge in [0.25, 0.3) is 0 Å². The molecular formula is C25H32N2O4S2. The molecule has 2 aromatic carbocycles. The quantitative estimate of drug-likeness (QED) is 0.615. The number of sulfone groups is 1. The van der Waals surface area contributed by atoms with Crippen LogP contribution in [0.1, 0.15) is 30.9 Å². The molecule has 0 saturated carbocycles. The highest BCUT2D eigenvalue weighted by molar-refractivity contribution is 8.00. The van der Waals surface area contributed by atoms with Crippen LogP contribution in [-0.4, -0.2) is 61.7 Å². The van der Waals surface area contributed by atoms with E-state index in [-0.39, 0.29) is 34.7 Å². The van der Waals surface area contributed by atoms with Crippen molar-refractivity contribution in [1.29, 1.82) is 0 Å². The number of benzene rings is 2. The molecule has 2 aliphatic heterocycles. The van der Waals surface area contributed by atoms with E-state index in [2.05, 4.69) is 41.4 Å². The third kappa shape index (κ3) is 6.31. The third-order valence-corrected chi connectivity index (χ3v) is 9.41. The van der Waals surface area contributed by atoms with E-state index in [4.69, 9.17) is 4.74 Å². The average molecular weight is 489 g/mol. The normalized spacial score (nSPS) is 24.6. The third-order valence-electron chi connectivity index (χ3n) is 6.43. The monoisotopic (exact) mass is 488 g/mol. The summed E-state index contributed by atoms with van der Waals surface area (Å²) >= 11 is 1.78. The first kappa shape index (κ1) is 24.1. The highest BCUT2D eigenvalue weighted by Crippen LogP contribution is 2.34. The number of amides is 1. The van der Waals surface area contributed by atoms with E-state index >= 15 is 0 Å². The number of aryl methyl sites for hydroxylation is 1. The predicted octanol–water partition coefficient (Wildman–Crippen LogP) is 3.30. The lowest BCUT2D eigenvalue weighted by atomic mass is 10.1. The number of carbonyl (C=O) groups excluding carboxylic acids is 1. The van der Waals surface area contributed by atoms with Gasteiger partial charge >= 0.3 is 0 Å². The molecule has 0 bridgehead atoms. The first-order chi connectivity index (χ1) is 15.8. The number of hydrogen-bond donors (Lipinski definition) is 1. The Balaban J connectivity index is 1.46. The maximum Gasteiger partial charge on any atom is 0.237 e. The van der Waals surface area contributed by atoms with Crippen molar-refractivity contribution in [3.63, 3.8) is 0 Å². The van der Waals surface area contributed by atoms with Gasteiger partial charge in [0.15, 0.2) is 9.84 Å². The molecule has 0 unspecified atom stereocenters. The Morgan fingerprint density at radius 2 is 1.82 bits per heavy atom. The lowest BCUT2D eigenvalue weighted by Crippen LogP contribution is -2.47. The number of thioether (sulfide) groups is 1. The molecule has 6 nitrogen and oxygen atoms in total. The number of rotatable bonds is 8. The van der Waals surface area contributed by atoms with Gasteiger partial charge in [0.1, 0.15) is 5.75 Å². The summed E-state index contributed by atoms with van der Waals surface area (Å²) in [6, 6.07) is 16.0. The lowest BCUT2D eigenvalue weighted by Gasteiger charge is -2.25. The van der Waals surface area contributed by atoms with Crippen LogP contribution >= 0.6 is 11.8 Å². The number of carbonyl (C=O) groups is 1. The Hall–Kier alpha value is -2.03. The molecular weight excluding hydrogens is 456 g/mol. The molecule has 178 valence electrons. The largest absolute Gasteiger partial charge is 0.497 e. The molecule has 2 aromatic rings. The van der Waals surface area contributed by atoms with Crippen LogP contribution in [0.5, 0.6) is 5.75 Å². The minimum absolute atomic E-state index is 0.0496. The molecule has 1 N–H and O–H groups in total. The minimum atomic E-state index is -3.03. The van der Waals surface area contributed by atoms with Crippen molar-refractivity contribution < 1.29 is 17.9 Å². The van der Waals surface area contributed by atoms with Gasteiger partial charge in [0.05, 0.1) is 24.7 Å². The van der Waals surface area contributed by atoms with Crippen LogP contribution in [-0.2, 0) is 27.6 Å². The highest BCUT2D eigenvalue weighted by Gasteiger charge is 2.39. The smallest absolute Gasteiger partial charge is 0.237 e. The van der Waals surface area contributed by atoms with Gasteiger partial charge in [-0.1, -0.05) is 31.2 Å². The zero-order chi connectivity index (χ0) is 23.4. The predicted molar refractivity (Wildman–Crippen MR) is 132 cm³/mol. The van der Waals surface area contributed by atoms with Crippen molar-refractivity contribution in [3.05, 3.63) is 59.7 Å². The van der Waals surface area contributed by atoms with Crippen LogP contribution in [0.3, 0.4) is 0 Å². The Morgan fingerprint density at radius 3 is 2.42 bits per heavy atom. The molecule has 4 rings (SSSR count). The van der Waals surface area contributed by atoms with Crippen LogP contribution in [0.4, 0.5) is 0 Å². The Morgan fingerprint density at radius 1 is 1.12 bits per heavy atom. The van der Waals surface area contributed by atoms with E-state index in [1.54, 1.807) is 18.9 Å². The van der Waals surface area contributed by atoms with Gasteiger partial charge in [0.2, 0.25) is 5.91 Å². The van der Waals surface area contributed by atoms with Crippen molar-refractivity contribution in [2.45, 2.75) is 55.0 Å². The van der Waals surface area contributed by atoms with Gasteiger partial charge in [-0.25, -0.2) is 8.42 Å². The second-order valence-electron chi connectivity index (χ2n) is 8.87. The second-order valence-corrected chi connectivity index (χ2v) is 12.5. The van der Waals surface area contributed by atoms with Crippen LogP contribution in [0.15, 0.2) is 53.4 Å². The van der Waals surface area contributed by atoms with Crippen molar-refractivity contribution in [2.24, 2.45) is 0 Å². The summed E-state index contributed by atoms with van der Waals surface area (Å²) in [6.45, 7) is 3.64. The Bertz CT molecular complexity index is 1050. The first-order valence-corrected chi connectivity index (χ1v) is 14.2. The zero-order valence-electron chi connectivity index (χ0n) is 19.2. The molecule has 8 heteroatoms. The van der Waals surface area contributed by atoms with Crippen molar-refractivity contribution >= 4 is 27.5 Å². The maximum atomic E-state index is 13.2. The summed E-state index contributed by atoms with van der Waals surface area (Å²) < 4.78 is 28.9. The molecule has 2 aliphatic rings. The number of likely N-dealkylation sites (tertiary alicyclic amines) is 1. The Labute approximate surface area is 201 Å². The molecule has 0 radical (unpaired) electrons. The van der Waals surface area contributed by atoms with Crippen LogP contribution in [0.25, 0.3) is 0 Å². The van der Waals surface area contributed by atoms with Crippen molar-refractivity contribution in [2.75, 3.05) is 25.2 Å². The Kier molecular flexibility index (Phi) is 7.66. The van der Waals surface area contributed by atoms with Gasteiger partial charge in [-0.05, 0) is 54.7 Å². The first-order valence-electron chi connectivity index (χ1n) is 11.5. The van der Waals surface area contributed by atoms with Crippen molar-refractivity contribution in [1.82, 2.24) is 10.2 Å². The fraction of sp³-hybridized carbons (Fsp3) is 0.480. The molecule has 2 saturated heterocycles. The van der Waals surface area contributed by atoms with E-state index < -0.39 is 9.84 Å². The van der Waals surface area contributed by atoms with Crippen LogP contribution in [0, 0.1) is 0 Å². The number of ether oxygens (including phenoxy) is 1. The average Bonchev–Trinajstić information content (AvgIpc) is 3.36. The summed E-state index contributed by atoms with van der Waals surface area (Å²) in [4.78, 5) is 16.6. The highest BCUT2D eigenvalue weighted by atomic mass is 32.2. The van der Waals surface area contributed by atoms with E-state index in [9.17, 15) is 13.2 Å². The number of nitrogens with one attached hydrogen (secondary N) is 1. The number of hydrogen-bond acceptors (Lipinski definition) is 6. The standard InChI is InChI=1S/C25H32N2O4S2/c1-3-18-4-6-19(7-5-18)15-27-16-23(32-22-10-8-21(31-2)9-11-22)14-24(27)25(28)26-20-12-13-33(29,30)17-20/h4-11,20,23-24H,3,12-17H2,1-2H3,(H,26,28)/t20-,23+,24-/m0/s1. The molecule has 2 heterocycles. The summed E-state index contributed by atoms with van der Waals surface area (Å²) in [5, 5.41) is 3.30. The van der Waals surface area contributed by atoms with Gasteiger partial charge in [-0.3, -0.25) is 9.69 Å². The molecule has 3 atom stereocenters. The fourth-order valence-electron chi connectivity index (χ4n) is 4.56. The van der Waals surface area contributed by atoms with Crippen LogP contribution in [0.2, 0.25) is 0 Å². The lowest BCUT2D eigenvalue weighted by molar-refractivity contribution is -0.126. The molecule has 1 amide bonds. The maximum absolute atomic E-state index is 13.2. The molecule has 0 spiro atoms. The van der Waals surface area contributed by atoms with Gasteiger partial charge in [0, 0.05) is 29.3 Å². The molecule has 2 fully saturated rings. The molecule has 0 aliphatic carbocycles. The molecule has 0 aromatic heterocycles. The molecule has 33 heavy (non-hydrogen) atoms. The van der Waals surface area contributed by atoms with E-state index in [0.717, 1.165) is 30.0 Å². The topological polar surface area (TPSA) is 75.7 Å². The van der Waals surface area contributed by atoms with Gasteiger partial charge in [-0.15, -0.1) is 11.8 Å². The second kappa shape index (κ2) is 10.5. The van der Waals surface area contributed by atoms with E-state index in [1.807, 2.05) is 24.3 Å². The summed E-state index contributed by atoms with van der Waals surface area (Å²) in [6.07, 6.45) is 2.23. The minimum Gasteiger partial charge on any atom is -0.497 e. The number of methoxy groups -OCH3 is 1. The van der Waals surface area contributed by atoms with Gasteiger partial charge < -0.3 is 10.1 Å². The van der Waals surface area contributed by atoms with Crippen molar-refractivity contribution in [3.8, 4) is 5.75 Å².